The number of benzene rings is 8. The predicted molar refractivity (Wildman–Crippen MR) is 280 cm³/mol. The molecule has 67 heavy (non-hydrogen) atoms. The minimum Gasteiger partial charge on any atom is -0.463 e. The highest BCUT2D eigenvalue weighted by Crippen LogP contribution is 2.51. The van der Waals surface area contributed by atoms with E-state index in [9.17, 15) is 0 Å². The van der Waals surface area contributed by atoms with Crippen molar-refractivity contribution in [3.05, 3.63) is 193 Å². The molecule has 0 spiro atoms. The smallest absolute Gasteiger partial charge is 0.260 e. The Morgan fingerprint density at radius 1 is 0.537 bits per heavy atom. The Morgan fingerprint density at radius 3 is 1.52 bits per heavy atom. The molecule has 5 nitrogen and oxygen atoms in total. The van der Waals surface area contributed by atoms with Crippen molar-refractivity contribution in [2.75, 3.05) is 0 Å². The molecule has 322 valence electrons. The van der Waals surface area contributed by atoms with E-state index in [-0.39, 0.29) is 17.5 Å². The molecule has 3 aromatic heterocycles. The number of nitrogens with zero attached hydrogens (tertiary/aromatic N) is 3. The van der Waals surface area contributed by atoms with Crippen molar-refractivity contribution in [3.63, 3.8) is 0 Å². The van der Waals surface area contributed by atoms with Gasteiger partial charge in [-0.05, 0) is 82.3 Å². The Hall–Kier alpha value is -7.70. The highest BCUT2D eigenvalue weighted by Gasteiger charge is 2.44. The minimum absolute atomic E-state index is 0.00636. The first kappa shape index (κ1) is 38.6. The molecular formula is C61H48BN3O2. The molecule has 6 heteroatoms. The summed E-state index contributed by atoms with van der Waals surface area (Å²) in [4.78, 5) is 0. The molecule has 1 atom stereocenters. The summed E-state index contributed by atoms with van der Waals surface area (Å²) in [5.41, 5.74) is 15.0. The molecule has 0 fully saturated rings. The van der Waals surface area contributed by atoms with Gasteiger partial charge in [-0.25, -0.2) is 0 Å². The van der Waals surface area contributed by atoms with Crippen LogP contribution >= 0.6 is 0 Å². The van der Waals surface area contributed by atoms with Crippen molar-refractivity contribution in [2.45, 2.75) is 52.9 Å². The van der Waals surface area contributed by atoms with Gasteiger partial charge in [0.25, 0.3) is 6.71 Å². The van der Waals surface area contributed by atoms with E-state index in [2.05, 4.69) is 224 Å². The summed E-state index contributed by atoms with van der Waals surface area (Å²) < 4.78 is 22.0. The lowest BCUT2D eigenvalue weighted by Gasteiger charge is -2.39. The van der Waals surface area contributed by atoms with Gasteiger partial charge in [-0.15, -0.1) is 0 Å². The maximum atomic E-state index is 7.27. The summed E-state index contributed by atoms with van der Waals surface area (Å²) >= 11 is 0. The molecule has 0 saturated heterocycles. The van der Waals surface area contributed by atoms with E-state index in [4.69, 9.17) is 9.47 Å². The molecule has 0 saturated carbocycles. The van der Waals surface area contributed by atoms with Gasteiger partial charge in [0.2, 0.25) is 0 Å². The zero-order chi connectivity index (χ0) is 44.9. The third-order valence-electron chi connectivity index (χ3n) is 15.3. The second-order valence-electron chi connectivity index (χ2n) is 20.3. The van der Waals surface area contributed by atoms with Crippen molar-refractivity contribution in [2.24, 2.45) is 5.41 Å². The van der Waals surface area contributed by atoms with Crippen molar-refractivity contribution in [1.29, 1.82) is 0 Å². The molecular weight excluding hydrogens is 818 g/mol. The summed E-state index contributed by atoms with van der Waals surface area (Å²) in [6, 6.07) is 60.1. The topological polar surface area (TPSA) is 33.2 Å². The van der Waals surface area contributed by atoms with Gasteiger partial charge in [-0.2, -0.15) is 0 Å². The first-order valence-corrected chi connectivity index (χ1v) is 23.8. The fourth-order valence-corrected chi connectivity index (χ4v) is 11.8. The molecule has 0 amide bonds. The standard InChI is InChI=1S/C61H48BN3O2/c1-6-61(5)32-31-45-52(36-61)67-51-35-40(34-50-56(51)62(45)44-30-29-37(60(2,3)4)33-49(44)66-50)65-48-28-18-15-25-43(48)55-58-53(41-23-13-16-26-46(41)63(58)38-19-9-7-10-20-38)57-54(59(55)65)42-24-14-17-27-47(42)64(57)39-21-11-8-12-22-39/h7-35H,6,36H2,1-5H3. The van der Waals surface area contributed by atoms with Crippen LogP contribution in [0.2, 0.25) is 0 Å². The molecule has 0 bridgehead atoms. The quantitative estimate of drug-likeness (QED) is 0.165. The van der Waals surface area contributed by atoms with E-state index in [1.807, 2.05) is 0 Å². The van der Waals surface area contributed by atoms with Gasteiger partial charge in [0, 0.05) is 67.7 Å². The van der Waals surface area contributed by atoms with Crippen LogP contribution in [0.3, 0.4) is 0 Å². The second-order valence-corrected chi connectivity index (χ2v) is 20.3. The predicted octanol–water partition coefficient (Wildman–Crippen LogP) is 14.6. The van der Waals surface area contributed by atoms with Crippen LogP contribution in [0.4, 0.5) is 0 Å². The lowest BCUT2D eigenvalue weighted by Crippen LogP contribution is -2.52. The zero-order valence-corrected chi connectivity index (χ0v) is 38.4. The molecule has 8 aromatic carbocycles. The molecule has 5 heterocycles. The molecule has 11 aromatic rings. The molecule has 1 aliphatic carbocycles. The van der Waals surface area contributed by atoms with Crippen LogP contribution in [0.5, 0.6) is 17.2 Å². The molecule has 2 aliphatic heterocycles. The average Bonchev–Trinajstić information content (AvgIpc) is 4.00. The highest BCUT2D eigenvalue weighted by molar-refractivity contribution is 6.93. The third kappa shape index (κ3) is 5.33. The van der Waals surface area contributed by atoms with E-state index < -0.39 is 0 Å². The van der Waals surface area contributed by atoms with E-state index >= 15 is 0 Å². The van der Waals surface area contributed by atoms with Crippen molar-refractivity contribution < 1.29 is 9.47 Å². The lowest BCUT2D eigenvalue weighted by atomic mass is 9.33. The number of hydrogen-bond acceptors (Lipinski definition) is 2. The second kappa shape index (κ2) is 13.7. The SMILES string of the molecule is CCC1(C)C=CC2=C(C1)Oc1cc(-n3c4ccccc4c4c5c(c6ccccc6n5-c5ccccc5)c5c(c6ccccc6n5-c5ccccc5)c43)cc3c1B2c1ccc(C(C)(C)C)cc1O3. The van der Waals surface area contributed by atoms with Crippen LogP contribution in [0, 0.1) is 5.41 Å². The third-order valence-corrected chi connectivity index (χ3v) is 15.3. The monoisotopic (exact) mass is 865 g/mol. The first-order valence-electron chi connectivity index (χ1n) is 23.8. The molecule has 0 N–H and O–H groups in total. The van der Waals surface area contributed by atoms with Crippen LogP contribution in [0.15, 0.2) is 187 Å². The number of para-hydroxylation sites is 5. The Balaban J connectivity index is 1.17. The van der Waals surface area contributed by atoms with Crippen LogP contribution in [0.25, 0.3) is 82.5 Å². The Labute approximate surface area is 389 Å². The molecule has 0 radical (unpaired) electrons. The van der Waals surface area contributed by atoms with Gasteiger partial charge in [-0.3, -0.25) is 0 Å². The van der Waals surface area contributed by atoms with Crippen LogP contribution in [0.1, 0.15) is 53.0 Å². The summed E-state index contributed by atoms with van der Waals surface area (Å²) in [6.45, 7) is 11.5. The van der Waals surface area contributed by atoms with Crippen molar-refractivity contribution >= 4 is 83.1 Å². The summed E-state index contributed by atoms with van der Waals surface area (Å²) in [7, 11) is 0. The number of hydrogen-bond donors (Lipinski definition) is 0. The maximum absolute atomic E-state index is 7.27. The average molecular weight is 866 g/mol. The highest BCUT2D eigenvalue weighted by atomic mass is 16.5. The number of allylic oxidation sites excluding steroid dienone is 4. The summed E-state index contributed by atoms with van der Waals surface area (Å²) in [6.07, 6.45) is 6.64. The number of ether oxygens (including phenoxy) is 2. The minimum atomic E-state index is -0.0414. The fourth-order valence-electron chi connectivity index (χ4n) is 11.8. The number of rotatable bonds is 4. The Kier molecular flexibility index (Phi) is 7.87. The fraction of sp³-hybridized carbons (Fsp3) is 0.148. The zero-order valence-electron chi connectivity index (χ0n) is 38.4. The van der Waals surface area contributed by atoms with E-state index in [0.29, 0.717) is 0 Å². The van der Waals surface area contributed by atoms with E-state index in [1.54, 1.807) is 0 Å². The Bertz CT molecular complexity index is 3920. The molecule has 3 aliphatic rings. The lowest BCUT2D eigenvalue weighted by molar-refractivity contribution is 0.309. The normalized spacial score (nSPS) is 16.6. The number of fused-ring (bicyclic) bond motifs is 15. The van der Waals surface area contributed by atoms with Gasteiger partial charge in [-0.1, -0.05) is 150 Å². The van der Waals surface area contributed by atoms with Gasteiger partial charge in [0.1, 0.15) is 23.0 Å². The van der Waals surface area contributed by atoms with Gasteiger partial charge < -0.3 is 23.2 Å². The summed E-state index contributed by atoms with van der Waals surface area (Å²) in [5.74, 6) is 3.69. The van der Waals surface area contributed by atoms with Crippen LogP contribution in [-0.2, 0) is 5.41 Å². The Morgan fingerprint density at radius 2 is 1.01 bits per heavy atom. The first-order chi connectivity index (χ1) is 32.7. The van der Waals surface area contributed by atoms with Gasteiger partial charge in [0.05, 0.1) is 38.8 Å². The summed E-state index contributed by atoms with van der Waals surface area (Å²) in [5, 5.41) is 7.26. The number of aromatic nitrogens is 3. The maximum Gasteiger partial charge on any atom is 0.260 e. The van der Waals surface area contributed by atoms with Crippen molar-refractivity contribution in [3.8, 4) is 34.3 Å². The van der Waals surface area contributed by atoms with Gasteiger partial charge >= 0.3 is 0 Å². The van der Waals surface area contributed by atoms with E-state index in [0.717, 1.165) is 74.9 Å². The van der Waals surface area contributed by atoms with Gasteiger partial charge in [0.15, 0.2) is 0 Å². The van der Waals surface area contributed by atoms with Crippen LogP contribution < -0.4 is 20.4 Å². The van der Waals surface area contributed by atoms with Crippen LogP contribution in [-0.4, -0.2) is 20.4 Å². The molecule has 14 rings (SSSR count). The van der Waals surface area contributed by atoms with E-state index in [1.165, 1.54) is 65.4 Å². The largest absolute Gasteiger partial charge is 0.463 e. The van der Waals surface area contributed by atoms with Crippen molar-refractivity contribution in [1.82, 2.24) is 13.7 Å². The molecule has 1 unspecified atom stereocenters.